The number of carbonyl (C=O) groups excluding carboxylic acids is 1. The predicted octanol–water partition coefficient (Wildman–Crippen LogP) is 3.88. The number of aromatic amines is 1. The molecule has 0 bridgehead atoms. The van der Waals surface area contributed by atoms with Crippen molar-refractivity contribution in [3.05, 3.63) is 60.4 Å². The van der Waals surface area contributed by atoms with Crippen molar-refractivity contribution in [1.29, 1.82) is 0 Å². The second-order valence-corrected chi connectivity index (χ2v) is 10.2. The van der Waals surface area contributed by atoms with Crippen LogP contribution in [-0.4, -0.2) is 75.9 Å². The maximum absolute atomic E-state index is 12.3. The molecule has 3 aromatic heterocycles. The fourth-order valence-corrected chi connectivity index (χ4v) is 4.83. The van der Waals surface area contributed by atoms with E-state index in [0.29, 0.717) is 17.8 Å². The minimum absolute atomic E-state index is 0.303. The van der Waals surface area contributed by atoms with Crippen molar-refractivity contribution < 1.29 is 4.79 Å². The smallest absolute Gasteiger partial charge is 0.225 e. The lowest BCUT2D eigenvalue weighted by atomic mass is 10.1. The van der Waals surface area contributed by atoms with Crippen molar-refractivity contribution in [2.24, 2.45) is 5.92 Å². The molecule has 4 aromatic rings. The SMILES string of the molecule is CN(C)c1cc(-c2ccc3nc(Nc4cc(CN5CCN(C(=O)C6CC6)CC5)ccn4)[nH]c3c2)ccn1. The first-order valence-electron chi connectivity index (χ1n) is 12.9. The maximum Gasteiger partial charge on any atom is 0.225 e. The van der Waals surface area contributed by atoms with Crippen LogP contribution in [0, 0.1) is 5.92 Å². The Morgan fingerprint density at radius 2 is 1.78 bits per heavy atom. The van der Waals surface area contributed by atoms with Gasteiger partial charge in [-0.2, -0.15) is 0 Å². The molecule has 2 N–H and O–H groups in total. The number of H-pyrrole nitrogens is 1. The van der Waals surface area contributed by atoms with Gasteiger partial charge in [0.2, 0.25) is 11.9 Å². The highest BCUT2D eigenvalue weighted by Crippen LogP contribution is 2.31. The molecule has 9 heteroatoms. The van der Waals surface area contributed by atoms with Crippen LogP contribution < -0.4 is 10.2 Å². The van der Waals surface area contributed by atoms with Crippen molar-refractivity contribution in [3.8, 4) is 11.1 Å². The fourth-order valence-electron chi connectivity index (χ4n) is 4.83. The predicted molar refractivity (Wildman–Crippen MR) is 146 cm³/mol. The van der Waals surface area contributed by atoms with Crippen LogP contribution in [-0.2, 0) is 11.3 Å². The summed E-state index contributed by atoms with van der Waals surface area (Å²) < 4.78 is 0. The standard InChI is InChI=1S/C28H32N8O/c1-34(2)26-17-22(8-10-30-26)21-5-6-23-24(16-21)32-28(31-23)33-25-15-19(7-9-29-25)18-35-11-13-36(14-12-35)27(37)20-3-4-20/h5-10,15-17,20H,3-4,11-14,18H2,1-2H3,(H2,29,31,32,33). The van der Waals surface area contributed by atoms with Crippen LogP contribution >= 0.6 is 0 Å². The number of benzene rings is 1. The number of hydrogen-bond donors (Lipinski definition) is 2. The number of amides is 1. The fraction of sp³-hybridized carbons (Fsp3) is 0.357. The summed E-state index contributed by atoms with van der Waals surface area (Å²) in [4.78, 5) is 35.7. The Kier molecular flexibility index (Phi) is 6.21. The Morgan fingerprint density at radius 1 is 1.00 bits per heavy atom. The lowest BCUT2D eigenvalue weighted by molar-refractivity contribution is -0.134. The molecule has 2 aliphatic rings. The Balaban J connectivity index is 1.12. The largest absolute Gasteiger partial charge is 0.363 e. The van der Waals surface area contributed by atoms with Gasteiger partial charge in [0, 0.05) is 65.1 Å². The molecule has 1 aliphatic heterocycles. The minimum atomic E-state index is 0.303. The average molecular weight is 497 g/mol. The van der Waals surface area contributed by atoms with E-state index in [-0.39, 0.29) is 0 Å². The summed E-state index contributed by atoms with van der Waals surface area (Å²) in [5, 5.41) is 3.33. The molecule has 0 atom stereocenters. The topological polar surface area (TPSA) is 93.3 Å². The van der Waals surface area contributed by atoms with Crippen molar-refractivity contribution >= 4 is 34.5 Å². The Bertz CT molecular complexity index is 1420. The highest BCUT2D eigenvalue weighted by Gasteiger charge is 2.34. The van der Waals surface area contributed by atoms with Gasteiger partial charge in [0.1, 0.15) is 11.6 Å². The normalized spacial score (nSPS) is 16.2. The summed E-state index contributed by atoms with van der Waals surface area (Å²) in [6, 6.07) is 14.4. The molecule has 0 unspecified atom stereocenters. The van der Waals surface area contributed by atoms with Gasteiger partial charge in [-0.1, -0.05) is 6.07 Å². The Morgan fingerprint density at radius 3 is 2.57 bits per heavy atom. The molecular weight excluding hydrogens is 464 g/mol. The first kappa shape index (κ1) is 23.4. The summed E-state index contributed by atoms with van der Waals surface area (Å²) in [5.74, 6) is 2.99. The van der Waals surface area contributed by atoms with Crippen molar-refractivity contribution in [2.45, 2.75) is 19.4 Å². The minimum Gasteiger partial charge on any atom is -0.363 e. The number of rotatable bonds is 7. The van der Waals surface area contributed by atoms with Crippen LogP contribution in [0.15, 0.2) is 54.9 Å². The monoisotopic (exact) mass is 496 g/mol. The molecule has 4 heterocycles. The average Bonchev–Trinajstić information content (AvgIpc) is 3.68. The van der Waals surface area contributed by atoms with Gasteiger partial charge in [-0.3, -0.25) is 9.69 Å². The number of nitrogens with zero attached hydrogens (tertiary/aromatic N) is 6. The summed E-state index contributed by atoms with van der Waals surface area (Å²) >= 11 is 0. The summed E-state index contributed by atoms with van der Waals surface area (Å²) in [6.45, 7) is 4.30. The molecule has 190 valence electrons. The van der Waals surface area contributed by atoms with Crippen molar-refractivity contribution in [1.82, 2.24) is 29.7 Å². The molecule has 0 spiro atoms. The van der Waals surface area contributed by atoms with E-state index in [1.807, 2.05) is 48.4 Å². The molecule has 1 amide bonds. The van der Waals surface area contributed by atoms with E-state index >= 15 is 0 Å². The highest BCUT2D eigenvalue weighted by atomic mass is 16.2. The lowest BCUT2D eigenvalue weighted by Gasteiger charge is -2.34. The second kappa shape index (κ2) is 9.82. The Hall–Kier alpha value is -3.98. The molecule has 37 heavy (non-hydrogen) atoms. The van der Waals surface area contributed by atoms with Gasteiger partial charge in [0.05, 0.1) is 11.0 Å². The molecule has 1 saturated carbocycles. The van der Waals surface area contributed by atoms with Crippen LogP contribution in [0.2, 0.25) is 0 Å². The van der Waals surface area contributed by atoms with Crippen molar-refractivity contribution in [3.63, 3.8) is 0 Å². The van der Waals surface area contributed by atoms with Crippen LogP contribution in [0.1, 0.15) is 18.4 Å². The number of carbonyl (C=O) groups is 1. The molecule has 1 saturated heterocycles. The zero-order valence-corrected chi connectivity index (χ0v) is 21.3. The van der Waals surface area contributed by atoms with E-state index in [0.717, 1.165) is 79.4 Å². The first-order valence-corrected chi connectivity index (χ1v) is 12.9. The molecular formula is C28H32N8O. The van der Waals surface area contributed by atoms with Gasteiger partial charge < -0.3 is 20.1 Å². The van der Waals surface area contributed by atoms with Gasteiger partial charge in [-0.05, 0) is 65.9 Å². The van der Waals surface area contributed by atoms with E-state index in [9.17, 15) is 4.79 Å². The van der Waals surface area contributed by atoms with E-state index < -0.39 is 0 Å². The number of hydrogen-bond acceptors (Lipinski definition) is 7. The van der Waals surface area contributed by atoms with Crippen LogP contribution in [0.25, 0.3) is 22.2 Å². The quantitative estimate of drug-likeness (QED) is 0.401. The Labute approximate surface area is 216 Å². The summed E-state index contributed by atoms with van der Waals surface area (Å²) in [6.07, 6.45) is 5.80. The number of aromatic nitrogens is 4. The molecule has 1 aromatic carbocycles. The third-order valence-corrected chi connectivity index (χ3v) is 7.11. The van der Waals surface area contributed by atoms with Crippen LogP contribution in [0.4, 0.5) is 17.6 Å². The van der Waals surface area contributed by atoms with Crippen molar-refractivity contribution in [2.75, 3.05) is 50.5 Å². The molecule has 0 radical (unpaired) electrons. The first-order chi connectivity index (χ1) is 18.0. The molecule has 6 rings (SSSR count). The van der Waals surface area contributed by atoms with E-state index in [2.05, 4.69) is 55.5 Å². The number of anilines is 3. The van der Waals surface area contributed by atoms with Gasteiger partial charge in [0.15, 0.2) is 0 Å². The maximum atomic E-state index is 12.3. The van der Waals surface area contributed by atoms with Gasteiger partial charge in [-0.15, -0.1) is 0 Å². The number of imidazole rings is 1. The number of pyridine rings is 2. The van der Waals surface area contributed by atoms with Gasteiger partial charge >= 0.3 is 0 Å². The highest BCUT2D eigenvalue weighted by molar-refractivity contribution is 5.84. The second-order valence-electron chi connectivity index (χ2n) is 10.2. The van der Waals surface area contributed by atoms with Crippen LogP contribution in [0.3, 0.4) is 0 Å². The number of nitrogens with one attached hydrogen (secondary N) is 2. The summed E-state index contributed by atoms with van der Waals surface area (Å²) in [7, 11) is 3.98. The molecule has 9 nitrogen and oxygen atoms in total. The molecule has 1 aliphatic carbocycles. The lowest BCUT2D eigenvalue weighted by Crippen LogP contribution is -2.48. The summed E-state index contributed by atoms with van der Waals surface area (Å²) in [5.41, 5.74) is 5.25. The molecule has 2 fully saturated rings. The third kappa shape index (κ3) is 5.27. The number of piperazine rings is 1. The number of fused-ring (bicyclic) bond motifs is 1. The van der Waals surface area contributed by atoms with E-state index in [1.54, 1.807) is 0 Å². The van der Waals surface area contributed by atoms with E-state index in [4.69, 9.17) is 4.98 Å². The van der Waals surface area contributed by atoms with Crippen LogP contribution in [0.5, 0.6) is 0 Å². The van der Waals surface area contributed by atoms with E-state index in [1.165, 1.54) is 5.56 Å². The van der Waals surface area contributed by atoms with Gasteiger partial charge in [0.25, 0.3) is 0 Å². The van der Waals surface area contributed by atoms with Gasteiger partial charge in [-0.25, -0.2) is 15.0 Å². The zero-order chi connectivity index (χ0) is 25.4. The zero-order valence-electron chi connectivity index (χ0n) is 21.3. The third-order valence-electron chi connectivity index (χ3n) is 7.11.